The Morgan fingerprint density at radius 2 is 2.23 bits per heavy atom. The lowest BCUT2D eigenvalue weighted by molar-refractivity contribution is 0.170. The second-order valence-corrected chi connectivity index (χ2v) is 6.15. The van der Waals surface area contributed by atoms with Crippen molar-refractivity contribution in [3.05, 3.63) is 30.1 Å². The lowest BCUT2D eigenvalue weighted by Gasteiger charge is -2.31. The van der Waals surface area contributed by atoms with E-state index in [1.165, 1.54) is 12.5 Å². The first kappa shape index (κ1) is 16.6. The van der Waals surface area contributed by atoms with Crippen LogP contribution in [-0.4, -0.2) is 44.2 Å². The molecule has 122 valence electrons. The number of anilines is 1. The largest absolute Gasteiger partial charge is 0.372 e. The van der Waals surface area contributed by atoms with Gasteiger partial charge in [-0.05, 0) is 37.3 Å². The fourth-order valence-corrected chi connectivity index (χ4v) is 2.88. The number of urea groups is 1. The molecule has 0 spiro atoms. The Morgan fingerprint density at radius 3 is 2.95 bits per heavy atom. The number of hydrogen-bond acceptors (Lipinski definition) is 2. The molecular formula is C17H26FN3O. The minimum absolute atomic E-state index is 0.0279. The van der Waals surface area contributed by atoms with Crippen molar-refractivity contribution in [2.75, 3.05) is 38.1 Å². The van der Waals surface area contributed by atoms with Crippen LogP contribution in [0.5, 0.6) is 0 Å². The maximum Gasteiger partial charge on any atom is 0.317 e. The zero-order valence-corrected chi connectivity index (χ0v) is 13.5. The van der Waals surface area contributed by atoms with Crippen molar-refractivity contribution in [2.24, 2.45) is 5.92 Å². The minimum atomic E-state index is -0.212. The molecular weight excluding hydrogens is 281 g/mol. The molecule has 0 saturated carbocycles. The molecule has 1 N–H and O–H groups in total. The third-order valence-corrected chi connectivity index (χ3v) is 4.15. The van der Waals surface area contributed by atoms with Crippen LogP contribution < -0.4 is 10.2 Å². The Kier molecular flexibility index (Phi) is 6.04. The normalized spacial score (nSPS) is 18.1. The summed E-state index contributed by atoms with van der Waals surface area (Å²) in [4.78, 5) is 15.8. The molecule has 1 saturated heterocycles. The van der Waals surface area contributed by atoms with Crippen LogP contribution in [0.25, 0.3) is 0 Å². The van der Waals surface area contributed by atoms with E-state index in [1.807, 2.05) is 22.9 Å². The molecule has 1 aromatic carbocycles. The topological polar surface area (TPSA) is 35.6 Å². The molecule has 0 aromatic heterocycles. The molecule has 0 aliphatic carbocycles. The third kappa shape index (κ3) is 4.61. The zero-order valence-electron chi connectivity index (χ0n) is 13.5. The highest BCUT2D eigenvalue weighted by molar-refractivity contribution is 5.74. The van der Waals surface area contributed by atoms with Crippen LogP contribution in [0.4, 0.5) is 14.9 Å². The molecule has 1 unspecified atom stereocenters. The standard InChI is InChI=1S/C17H26FN3O/c1-14-7-5-12-21(13-14)17(22)19-10-6-11-20(2)16-9-4-3-8-15(16)18/h3-4,8-9,14H,5-7,10-13H2,1-2H3,(H,19,22). The Morgan fingerprint density at radius 1 is 1.45 bits per heavy atom. The minimum Gasteiger partial charge on any atom is -0.372 e. The number of nitrogens with zero attached hydrogens (tertiary/aromatic N) is 2. The predicted molar refractivity (Wildman–Crippen MR) is 87.7 cm³/mol. The van der Waals surface area contributed by atoms with Crippen LogP contribution in [0.1, 0.15) is 26.2 Å². The lowest BCUT2D eigenvalue weighted by Crippen LogP contribution is -2.45. The maximum atomic E-state index is 13.6. The smallest absolute Gasteiger partial charge is 0.317 e. The molecule has 1 fully saturated rings. The lowest BCUT2D eigenvalue weighted by atomic mass is 10.0. The van der Waals surface area contributed by atoms with E-state index in [1.54, 1.807) is 12.1 Å². The maximum absolute atomic E-state index is 13.6. The van der Waals surface area contributed by atoms with Gasteiger partial charge in [-0.2, -0.15) is 0 Å². The summed E-state index contributed by atoms with van der Waals surface area (Å²) in [5, 5.41) is 2.96. The Labute approximate surface area is 132 Å². The fourth-order valence-electron chi connectivity index (χ4n) is 2.88. The first-order valence-electron chi connectivity index (χ1n) is 8.06. The molecule has 0 bridgehead atoms. The number of benzene rings is 1. The predicted octanol–water partition coefficient (Wildman–Crippen LogP) is 3.09. The molecule has 1 atom stereocenters. The second kappa shape index (κ2) is 8.01. The van der Waals surface area contributed by atoms with Crippen molar-refractivity contribution in [3.63, 3.8) is 0 Å². The van der Waals surface area contributed by atoms with Crippen molar-refractivity contribution < 1.29 is 9.18 Å². The average molecular weight is 307 g/mol. The van der Waals surface area contributed by atoms with Crippen molar-refractivity contribution in [1.82, 2.24) is 10.2 Å². The zero-order chi connectivity index (χ0) is 15.9. The number of halogens is 1. The highest BCUT2D eigenvalue weighted by Crippen LogP contribution is 2.17. The number of rotatable bonds is 5. The molecule has 2 amide bonds. The molecule has 1 aliphatic heterocycles. The molecule has 0 radical (unpaired) electrons. The average Bonchev–Trinajstić information content (AvgIpc) is 2.51. The van der Waals surface area contributed by atoms with Crippen molar-refractivity contribution in [3.8, 4) is 0 Å². The summed E-state index contributed by atoms with van der Waals surface area (Å²) >= 11 is 0. The summed E-state index contributed by atoms with van der Waals surface area (Å²) in [7, 11) is 1.87. The van der Waals surface area contributed by atoms with Gasteiger partial charge in [-0.25, -0.2) is 9.18 Å². The molecule has 5 heteroatoms. The van der Waals surface area contributed by atoms with Crippen molar-refractivity contribution in [2.45, 2.75) is 26.2 Å². The van der Waals surface area contributed by atoms with Crippen LogP contribution in [0.15, 0.2) is 24.3 Å². The van der Waals surface area contributed by atoms with E-state index >= 15 is 0 Å². The van der Waals surface area contributed by atoms with Crippen LogP contribution >= 0.6 is 0 Å². The van der Waals surface area contributed by atoms with Gasteiger partial charge in [0.05, 0.1) is 5.69 Å². The van der Waals surface area contributed by atoms with E-state index in [4.69, 9.17) is 0 Å². The van der Waals surface area contributed by atoms with E-state index < -0.39 is 0 Å². The molecule has 1 aliphatic rings. The van der Waals surface area contributed by atoms with Gasteiger partial charge in [-0.15, -0.1) is 0 Å². The highest BCUT2D eigenvalue weighted by Gasteiger charge is 2.20. The summed E-state index contributed by atoms with van der Waals surface area (Å²) in [5.74, 6) is 0.378. The summed E-state index contributed by atoms with van der Waals surface area (Å²) < 4.78 is 13.6. The molecule has 2 rings (SSSR count). The molecule has 22 heavy (non-hydrogen) atoms. The Balaban J connectivity index is 1.68. The van der Waals surface area contributed by atoms with Crippen molar-refractivity contribution >= 4 is 11.7 Å². The highest BCUT2D eigenvalue weighted by atomic mass is 19.1. The number of carbonyl (C=O) groups excluding carboxylic acids is 1. The van der Waals surface area contributed by atoms with Gasteiger partial charge in [0.2, 0.25) is 0 Å². The van der Waals surface area contributed by atoms with Gasteiger partial charge < -0.3 is 15.1 Å². The van der Waals surface area contributed by atoms with Gasteiger partial charge in [-0.3, -0.25) is 0 Å². The molecule has 4 nitrogen and oxygen atoms in total. The van der Waals surface area contributed by atoms with E-state index in [0.717, 1.165) is 25.9 Å². The first-order valence-corrected chi connectivity index (χ1v) is 8.06. The van der Waals surface area contributed by atoms with Gasteiger partial charge in [0.15, 0.2) is 0 Å². The molecule has 1 heterocycles. The number of likely N-dealkylation sites (tertiary alicyclic amines) is 1. The van der Waals surface area contributed by atoms with Gasteiger partial charge in [-0.1, -0.05) is 19.1 Å². The number of para-hydroxylation sites is 1. The summed E-state index contributed by atoms with van der Waals surface area (Å²) in [5.41, 5.74) is 0.596. The number of hydrogen-bond donors (Lipinski definition) is 1. The van der Waals surface area contributed by atoms with Gasteiger partial charge >= 0.3 is 6.03 Å². The van der Waals surface area contributed by atoms with E-state index in [2.05, 4.69) is 12.2 Å². The Bertz CT molecular complexity index is 495. The van der Waals surface area contributed by atoms with Gasteiger partial charge in [0.1, 0.15) is 5.82 Å². The number of amides is 2. The van der Waals surface area contributed by atoms with Gasteiger partial charge in [0, 0.05) is 33.2 Å². The quantitative estimate of drug-likeness (QED) is 0.849. The first-order chi connectivity index (χ1) is 10.6. The van der Waals surface area contributed by atoms with Crippen LogP contribution in [-0.2, 0) is 0 Å². The van der Waals surface area contributed by atoms with E-state index in [-0.39, 0.29) is 11.8 Å². The van der Waals surface area contributed by atoms with Crippen LogP contribution in [0.3, 0.4) is 0 Å². The summed E-state index contributed by atoms with van der Waals surface area (Å²) in [6.07, 6.45) is 3.09. The van der Waals surface area contributed by atoms with E-state index in [9.17, 15) is 9.18 Å². The SMILES string of the molecule is CC1CCCN(C(=O)NCCCN(C)c2ccccc2F)C1. The van der Waals surface area contributed by atoms with Gasteiger partial charge in [0.25, 0.3) is 0 Å². The van der Waals surface area contributed by atoms with Crippen LogP contribution in [0.2, 0.25) is 0 Å². The van der Waals surface area contributed by atoms with Crippen molar-refractivity contribution in [1.29, 1.82) is 0 Å². The third-order valence-electron chi connectivity index (χ3n) is 4.15. The monoisotopic (exact) mass is 307 g/mol. The summed E-state index contributed by atoms with van der Waals surface area (Å²) in [6.45, 7) is 5.20. The number of piperidine rings is 1. The van der Waals surface area contributed by atoms with E-state index in [0.29, 0.717) is 24.7 Å². The summed E-state index contributed by atoms with van der Waals surface area (Å²) in [6, 6.07) is 6.77. The number of carbonyl (C=O) groups is 1. The molecule has 1 aromatic rings. The van der Waals surface area contributed by atoms with Crippen LogP contribution in [0, 0.1) is 11.7 Å². The second-order valence-electron chi connectivity index (χ2n) is 6.15. The fraction of sp³-hybridized carbons (Fsp3) is 0.588. The number of nitrogens with one attached hydrogen (secondary N) is 1. The Hall–Kier alpha value is -1.78.